The second-order valence-electron chi connectivity index (χ2n) is 4.67. The minimum atomic E-state index is -3.92. The zero-order chi connectivity index (χ0) is 16.3. The molecular weight excluding hydrogens is 323 g/mol. The fraction of sp³-hybridized carbons (Fsp3) is 0.0714. The quantitative estimate of drug-likeness (QED) is 0.660. The molecule has 3 rings (SSSR count). The van der Waals surface area contributed by atoms with Crippen molar-refractivity contribution in [3.8, 4) is 11.4 Å². The minimum Gasteiger partial charge on any atom is -0.382 e. The third kappa shape index (κ3) is 3.89. The maximum Gasteiger partial charge on any atom is 0.313 e. The Morgan fingerprint density at radius 2 is 1.96 bits per heavy atom. The van der Waals surface area contributed by atoms with E-state index in [1.165, 1.54) is 41.3 Å². The first-order valence-corrected chi connectivity index (χ1v) is 8.10. The van der Waals surface area contributed by atoms with Crippen molar-refractivity contribution in [2.75, 3.05) is 0 Å². The van der Waals surface area contributed by atoms with Gasteiger partial charge in [-0.05, 0) is 40.3 Å². The lowest BCUT2D eigenvalue weighted by Crippen LogP contribution is -2.12. The number of aromatic nitrogens is 4. The highest BCUT2D eigenvalue weighted by Crippen LogP contribution is 2.19. The average molecular weight is 334 g/mol. The van der Waals surface area contributed by atoms with Gasteiger partial charge in [-0.1, -0.05) is 18.2 Å². The van der Waals surface area contributed by atoms with Gasteiger partial charge >= 0.3 is 10.1 Å². The first-order valence-electron chi connectivity index (χ1n) is 6.52. The molecular formula is C14H11FN4O3S. The monoisotopic (exact) mass is 334 g/mol. The molecule has 0 saturated carbocycles. The second-order valence-corrected chi connectivity index (χ2v) is 6.24. The van der Waals surface area contributed by atoms with E-state index in [9.17, 15) is 12.8 Å². The van der Waals surface area contributed by atoms with E-state index in [1.54, 1.807) is 12.1 Å². The smallest absolute Gasteiger partial charge is 0.313 e. The van der Waals surface area contributed by atoms with Gasteiger partial charge in [0.2, 0.25) is 0 Å². The Balaban J connectivity index is 1.79. The molecule has 0 unspecified atom stereocenters. The zero-order valence-corrected chi connectivity index (χ0v) is 12.5. The highest BCUT2D eigenvalue weighted by Gasteiger charge is 2.15. The van der Waals surface area contributed by atoms with Crippen LogP contribution in [0.15, 0.2) is 54.9 Å². The van der Waals surface area contributed by atoms with Gasteiger partial charge in [-0.15, -0.1) is 5.10 Å². The van der Waals surface area contributed by atoms with E-state index in [1.807, 2.05) is 0 Å². The number of nitrogens with zero attached hydrogens (tertiary/aromatic N) is 4. The molecule has 118 valence electrons. The number of hydrogen-bond donors (Lipinski definition) is 0. The molecule has 0 aliphatic rings. The number of tetrazole rings is 1. The Hall–Kier alpha value is -2.81. The Bertz CT molecular complexity index is 913. The maximum atomic E-state index is 13.1. The Labute approximate surface area is 131 Å². The highest BCUT2D eigenvalue weighted by molar-refractivity contribution is 7.86. The SMILES string of the molecule is O=S(=O)(Cc1cccc(F)c1)Oc1cccc(-n2cnnn2)c1. The molecule has 1 heterocycles. The number of hydrogen-bond acceptors (Lipinski definition) is 6. The van der Waals surface area contributed by atoms with Crippen molar-refractivity contribution in [1.29, 1.82) is 0 Å². The lowest BCUT2D eigenvalue weighted by molar-refractivity contribution is 0.484. The largest absolute Gasteiger partial charge is 0.382 e. The predicted octanol–water partition coefficient (Wildman–Crippen LogP) is 1.71. The summed E-state index contributed by atoms with van der Waals surface area (Å²) in [6.45, 7) is 0. The molecule has 2 aromatic carbocycles. The summed E-state index contributed by atoms with van der Waals surface area (Å²) in [6.07, 6.45) is 1.38. The summed E-state index contributed by atoms with van der Waals surface area (Å²) in [4.78, 5) is 0. The van der Waals surface area contributed by atoms with Crippen LogP contribution in [-0.2, 0) is 15.9 Å². The van der Waals surface area contributed by atoms with Crippen molar-refractivity contribution in [2.45, 2.75) is 5.75 Å². The summed E-state index contributed by atoms with van der Waals surface area (Å²) in [5, 5.41) is 10.7. The first-order chi connectivity index (χ1) is 11.0. The lowest BCUT2D eigenvalue weighted by Gasteiger charge is -2.08. The van der Waals surface area contributed by atoms with Crippen LogP contribution in [0, 0.1) is 5.82 Å². The van der Waals surface area contributed by atoms with Gasteiger partial charge in [0, 0.05) is 6.07 Å². The molecule has 7 nitrogen and oxygen atoms in total. The number of rotatable bonds is 5. The minimum absolute atomic E-state index is 0.120. The standard InChI is InChI=1S/C14H11FN4O3S/c15-12-4-1-3-11(7-12)9-23(20,21)22-14-6-2-5-13(8-14)19-10-16-17-18-19/h1-8,10H,9H2. The van der Waals surface area contributed by atoms with Gasteiger partial charge in [0.15, 0.2) is 0 Å². The molecule has 23 heavy (non-hydrogen) atoms. The highest BCUT2D eigenvalue weighted by atomic mass is 32.2. The predicted molar refractivity (Wildman–Crippen MR) is 78.8 cm³/mol. The van der Waals surface area contributed by atoms with Crippen LogP contribution < -0.4 is 4.18 Å². The van der Waals surface area contributed by atoms with Crippen LogP contribution >= 0.6 is 0 Å². The van der Waals surface area contributed by atoms with E-state index >= 15 is 0 Å². The van der Waals surface area contributed by atoms with E-state index in [0.717, 1.165) is 6.07 Å². The molecule has 0 spiro atoms. The Morgan fingerprint density at radius 3 is 2.70 bits per heavy atom. The van der Waals surface area contributed by atoms with Gasteiger partial charge in [-0.3, -0.25) is 0 Å². The number of benzene rings is 2. The van der Waals surface area contributed by atoms with Crippen molar-refractivity contribution in [1.82, 2.24) is 20.2 Å². The molecule has 1 aromatic heterocycles. The van der Waals surface area contributed by atoms with E-state index in [-0.39, 0.29) is 5.75 Å². The van der Waals surface area contributed by atoms with E-state index in [2.05, 4.69) is 15.5 Å². The van der Waals surface area contributed by atoms with Gasteiger partial charge in [-0.25, -0.2) is 9.07 Å². The maximum absolute atomic E-state index is 13.1. The molecule has 0 fully saturated rings. The van der Waals surface area contributed by atoms with Gasteiger partial charge in [-0.2, -0.15) is 8.42 Å². The van der Waals surface area contributed by atoms with Crippen molar-refractivity contribution in [3.05, 3.63) is 66.2 Å². The topological polar surface area (TPSA) is 87.0 Å². The van der Waals surface area contributed by atoms with Crippen molar-refractivity contribution in [2.24, 2.45) is 0 Å². The van der Waals surface area contributed by atoms with Gasteiger partial charge < -0.3 is 4.18 Å². The number of halogens is 1. The summed E-state index contributed by atoms with van der Waals surface area (Å²) in [5.41, 5.74) is 0.857. The van der Waals surface area contributed by atoms with Crippen LogP contribution in [0.1, 0.15) is 5.56 Å². The molecule has 3 aromatic rings. The average Bonchev–Trinajstić information content (AvgIpc) is 3.00. The third-order valence-corrected chi connectivity index (χ3v) is 4.02. The Morgan fingerprint density at radius 1 is 1.13 bits per heavy atom. The molecule has 0 aliphatic heterocycles. The lowest BCUT2D eigenvalue weighted by atomic mass is 10.2. The fourth-order valence-corrected chi connectivity index (χ4v) is 3.01. The molecule has 0 amide bonds. The molecule has 0 radical (unpaired) electrons. The van der Waals surface area contributed by atoms with Crippen molar-refractivity contribution >= 4 is 10.1 Å². The van der Waals surface area contributed by atoms with Gasteiger partial charge in [0.25, 0.3) is 0 Å². The van der Waals surface area contributed by atoms with E-state index < -0.39 is 21.7 Å². The fourth-order valence-electron chi connectivity index (χ4n) is 1.96. The molecule has 0 atom stereocenters. The van der Waals surface area contributed by atoms with Crippen LogP contribution in [0.5, 0.6) is 5.75 Å². The van der Waals surface area contributed by atoms with Crippen molar-refractivity contribution < 1.29 is 17.0 Å². The van der Waals surface area contributed by atoms with Crippen LogP contribution in [0.2, 0.25) is 0 Å². The summed E-state index contributed by atoms with van der Waals surface area (Å²) < 4.78 is 43.7. The summed E-state index contributed by atoms with van der Waals surface area (Å²) in [5.74, 6) is -0.812. The third-order valence-electron chi connectivity index (χ3n) is 2.89. The Kier molecular flexibility index (Phi) is 4.02. The van der Waals surface area contributed by atoms with E-state index in [4.69, 9.17) is 4.18 Å². The summed E-state index contributed by atoms with van der Waals surface area (Å²) in [7, 11) is -3.92. The van der Waals surface area contributed by atoms with Crippen LogP contribution in [-0.4, -0.2) is 28.6 Å². The van der Waals surface area contributed by atoms with Crippen molar-refractivity contribution in [3.63, 3.8) is 0 Å². The normalized spacial score (nSPS) is 11.3. The zero-order valence-electron chi connectivity index (χ0n) is 11.7. The molecule has 0 bridgehead atoms. The van der Waals surface area contributed by atoms with Crippen LogP contribution in [0.4, 0.5) is 4.39 Å². The molecule has 9 heteroatoms. The van der Waals surface area contributed by atoms with Crippen LogP contribution in [0.25, 0.3) is 5.69 Å². The second kappa shape index (κ2) is 6.13. The van der Waals surface area contributed by atoms with E-state index in [0.29, 0.717) is 11.3 Å². The molecule has 0 N–H and O–H groups in total. The first kappa shape index (κ1) is 15.1. The summed E-state index contributed by atoms with van der Waals surface area (Å²) >= 11 is 0. The van der Waals surface area contributed by atoms with Gasteiger partial charge in [0.05, 0.1) is 5.69 Å². The summed E-state index contributed by atoms with van der Waals surface area (Å²) in [6, 6.07) is 11.6. The van der Waals surface area contributed by atoms with Gasteiger partial charge in [0.1, 0.15) is 23.6 Å². The molecule has 0 saturated heterocycles. The van der Waals surface area contributed by atoms with Crippen LogP contribution in [0.3, 0.4) is 0 Å². The molecule has 0 aliphatic carbocycles.